The summed E-state index contributed by atoms with van der Waals surface area (Å²) in [6.07, 6.45) is 1.83. The minimum Gasteiger partial charge on any atom is -0.497 e. The van der Waals surface area contributed by atoms with E-state index in [0.29, 0.717) is 39.8 Å². The molecule has 0 aliphatic carbocycles. The summed E-state index contributed by atoms with van der Waals surface area (Å²) in [6, 6.07) is 20.3. The Labute approximate surface area is 209 Å². The molecule has 3 aromatic carbocycles. The van der Waals surface area contributed by atoms with Crippen LogP contribution in [0.4, 0.5) is 0 Å². The molecule has 0 aliphatic rings. The summed E-state index contributed by atoms with van der Waals surface area (Å²) in [5, 5.41) is 14.5. The van der Waals surface area contributed by atoms with E-state index >= 15 is 0 Å². The molecule has 3 aromatic heterocycles. The van der Waals surface area contributed by atoms with Crippen LogP contribution in [-0.2, 0) is 13.1 Å². The standard InChI is InChI=1S/C26H19ClN6O3/c1-35-19-10-11-23-21(12-19)25(34)20-4-2-3-5-22(20)33(23)14-18-13-32(31-29-18)15-24-28-26(30-36-24)16-6-8-17(27)9-7-16/h2-13H,14-15H2,1H3. The molecule has 6 rings (SSSR count). The zero-order valence-electron chi connectivity index (χ0n) is 19.1. The van der Waals surface area contributed by atoms with Gasteiger partial charge in [-0.3, -0.25) is 4.79 Å². The largest absolute Gasteiger partial charge is 0.497 e. The van der Waals surface area contributed by atoms with Crippen molar-refractivity contribution in [3.8, 4) is 17.1 Å². The lowest BCUT2D eigenvalue weighted by atomic mass is 10.1. The fourth-order valence-corrected chi connectivity index (χ4v) is 4.36. The maximum Gasteiger partial charge on any atom is 0.248 e. The van der Waals surface area contributed by atoms with Gasteiger partial charge in [0.15, 0.2) is 5.43 Å². The molecular weight excluding hydrogens is 480 g/mol. The molecule has 9 nitrogen and oxygen atoms in total. The lowest BCUT2D eigenvalue weighted by molar-refractivity contribution is 0.364. The minimum absolute atomic E-state index is 0.0349. The topological polar surface area (TPSA) is 101 Å². The molecule has 0 radical (unpaired) electrons. The number of pyridine rings is 1. The Hall–Kier alpha value is -4.50. The highest BCUT2D eigenvalue weighted by Crippen LogP contribution is 2.24. The van der Waals surface area contributed by atoms with Crippen molar-refractivity contribution in [1.82, 2.24) is 29.7 Å². The van der Waals surface area contributed by atoms with E-state index in [0.717, 1.165) is 22.3 Å². The van der Waals surface area contributed by atoms with E-state index in [-0.39, 0.29) is 12.0 Å². The SMILES string of the molecule is COc1ccc2c(c1)c(=O)c1ccccc1n2Cc1cn(Cc2nc(-c3ccc(Cl)cc3)no2)nn1. The van der Waals surface area contributed by atoms with Gasteiger partial charge in [0.1, 0.15) is 18.0 Å². The molecule has 0 unspecified atom stereocenters. The van der Waals surface area contributed by atoms with Crippen LogP contribution in [0.15, 0.2) is 82.2 Å². The Kier molecular flexibility index (Phi) is 5.46. The summed E-state index contributed by atoms with van der Waals surface area (Å²) in [6.45, 7) is 0.694. The molecule has 0 atom stereocenters. The first kappa shape index (κ1) is 22.0. The third kappa shape index (κ3) is 3.99. The van der Waals surface area contributed by atoms with E-state index in [2.05, 4.69) is 25.0 Å². The summed E-state index contributed by atoms with van der Waals surface area (Å²) in [4.78, 5) is 17.6. The number of rotatable bonds is 6. The predicted octanol–water partition coefficient (Wildman–Crippen LogP) is 4.55. The Balaban J connectivity index is 1.31. The second kappa shape index (κ2) is 8.94. The Morgan fingerprint density at radius 3 is 2.61 bits per heavy atom. The molecular formula is C26H19ClN6O3. The maximum atomic E-state index is 13.2. The summed E-state index contributed by atoms with van der Waals surface area (Å²) in [5.41, 5.74) is 3.10. The van der Waals surface area contributed by atoms with E-state index in [4.69, 9.17) is 20.9 Å². The highest BCUT2D eigenvalue weighted by atomic mass is 35.5. The molecule has 10 heteroatoms. The first-order valence-corrected chi connectivity index (χ1v) is 11.5. The van der Waals surface area contributed by atoms with Gasteiger partial charge in [-0.25, -0.2) is 4.68 Å². The molecule has 36 heavy (non-hydrogen) atoms. The number of nitrogens with zero attached hydrogens (tertiary/aromatic N) is 6. The number of methoxy groups -OCH3 is 1. The summed E-state index contributed by atoms with van der Waals surface area (Å²) in [7, 11) is 1.58. The van der Waals surface area contributed by atoms with Crippen LogP contribution in [-0.4, -0.2) is 36.8 Å². The van der Waals surface area contributed by atoms with E-state index < -0.39 is 0 Å². The number of fused-ring (bicyclic) bond motifs is 2. The zero-order chi connectivity index (χ0) is 24.6. The molecule has 0 saturated heterocycles. The molecule has 0 saturated carbocycles. The monoisotopic (exact) mass is 498 g/mol. The minimum atomic E-state index is -0.0349. The Bertz CT molecular complexity index is 1770. The van der Waals surface area contributed by atoms with Gasteiger partial charge < -0.3 is 13.8 Å². The van der Waals surface area contributed by atoms with Gasteiger partial charge >= 0.3 is 0 Å². The fourth-order valence-electron chi connectivity index (χ4n) is 4.23. The molecule has 3 heterocycles. The summed E-state index contributed by atoms with van der Waals surface area (Å²) in [5.74, 6) is 1.51. The second-order valence-corrected chi connectivity index (χ2v) is 8.68. The lowest BCUT2D eigenvalue weighted by Gasteiger charge is -2.14. The van der Waals surface area contributed by atoms with Gasteiger partial charge in [0.2, 0.25) is 11.7 Å². The predicted molar refractivity (Wildman–Crippen MR) is 135 cm³/mol. The number of benzene rings is 3. The first-order valence-electron chi connectivity index (χ1n) is 11.2. The smallest absolute Gasteiger partial charge is 0.248 e. The Morgan fingerprint density at radius 2 is 1.78 bits per heavy atom. The highest BCUT2D eigenvalue weighted by molar-refractivity contribution is 6.30. The van der Waals surface area contributed by atoms with Crippen LogP contribution in [0, 0.1) is 0 Å². The molecule has 6 aromatic rings. The first-order chi connectivity index (χ1) is 17.6. The van der Waals surface area contributed by atoms with E-state index in [1.807, 2.05) is 54.7 Å². The number of halogens is 1. The van der Waals surface area contributed by atoms with Gasteiger partial charge in [-0.15, -0.1) is 5.10 Å². The van der Waals surface area contributed by atoms with Crippen molar-refractivity contribution < 1.29 is 9.26 Å². The van der Waals surface area contributed by atoms with Crippen LogP contribution in [0.2, 0.25) is 5.02 Å². The zero-order valence-corrected chi connectivity index (χ0v) is 19.9. The average Bonchev–Trinajstić information content (AvgIpc) is 3.56. The molecule has 0 fully saturated rings. The van der Waals surface area contributed by atoms with Crippen molar-refractivity contribution in [3.63, 3.8) is 0 Å². The number of hydrogen-bond donors (Lipinski definition) is 0. The van der Waals surface area contributed by atoms with E-state index in [1.165, 1.54) is 0 Å². The second-order valence-electron chi connectivity index (χ2n) is 8.24. The van der Waals surface area contributed by atoms with Crippen molar-refractivity contribution in [2.45, 2.75) is 13.1 Å². The van der Waals surface area contributed by atoms with Crippen molar-refractivity contribution in [2.75, 3.05) is 7.11 Å². The van der Waals surface area contributed by atoms with Crippen molar-refractivity contribution >= 4 is 33.4 Å². The van der Waals surface area contributed by atoms with Gasteiger partial charge in [0.05, 0.1) is 30.9 Å². The summed E-state index contributed by atoms with van der Waals surface area (Å²) >= 11 is 5.95. The quantitative estimate of drug-likeness (QED) is 0.310. The van der Waals surface area contributed by atoms with E-state index in [1.54, 1.807) is 30.0 Å². The lowest BCUT2D eigenvalue weighted by Crippen LogP contribution is -2.12. The van der Waals surface area contributed by atoms with Crippen molar-refractivity contribution in [3.05, 3.63) is 99.8 Å². The molecule has 0 aliphatic heterocycles. The third-order valence-corrected chi connectivity index (χ3v) is 6.20. The van der Waals surface area contributed by atoms with Crippen LogP contribution >= 0.6 is 11.6 Å². The summed E-state index contributed by atoms with van der Waals surface area (Å²) < 4.78 is 14.4. The van der Waals surface area contributed by atoms with Crippen LogP contribution in [0.3, 0.4) is 0 Å². The van der Waals surface area contributed by atoms with Gasteiger partial charge in [-0.05, 0) is 54.6 Å². The normalized spacial score (nSPS) is 11.4. The maximum absolute atomic E-state index is 13.2. The molecule has 0 bridgehead atoms. The van der Waals surface area contributed by atoms with Gasteiger partial charge in [0.25, 0.3) is 0 Å². The average molecular weight is 499 g/mol. The van der Waals surface area contributed by atoms with Crippen molar-refractivity contribution in [1.29, 1.82) is 0 Å². The molecule has 0 amide bonds. The van der Waals surface area contributed by atoms with Gasteiger partial charge in [-0.2, -0.15) is 4.98 Å². The number of hydrogen-bond acceptors (Lipinski definition) is 7. The highest BCUT2D eigenvalue weighted by Gasteiger charge is 2.14. The van der Waals surface area contributed by atoms with Crippen LogP contribution in [0.1, 0.15) is 11.6 Å². The van der Waals surface area contributed by atoms with E-state index in [9.17, 15) is 4.79 Å². The molecule has 0 N–H and O–H groups in total. The Morgan fingerprint density at radius 1 is 0.972 bits per heavy atom. The van der Waals surface area contributed by atoms with Gasteiger partial charge in [-0.1, -0.05) is 34.1 Å². The molecule has 0 spiro atoms. The van der Waals surface area contributed by atoms with Gasteiger partial charge in [0, 0.05) is 21.4 Å². The molecule has 178 valence electrons. The van der Waals surface area contributed by atoms with Crippen LogP contribution < -0.4 is 10.2 Å². The number of para-hydroxylation sites is 1. The third-order valence-electron chi connectivity index (χ3n) is 5.95. The number of aromatic nitrogens is 6. The van der Waals surface area contributed by atoms with Crippen LogP contribution in [0.25, 0.3) is 33.2 Å². The van der Waals surface area contributed by atoms with Crippen molar-refractivity contribution in [2.24, 2.45) is 0 Å². The van der Waals surface area contributed by atoms with Crippen LogP contribution in [0.5, 0.6) is 5.75 Å². The number of ether oxygens (including phenoxy) is 1. The fraction of sp³-hybridized carbons (Fsp3) is 0.115.